The molecule has 1 N–H and O–H groups in total. The summed E-state index contributed by atoms with van der Waals surface area (Å²) in [4.78, 5) is 14.1. The minimum atomic E-state index is 0.144. The second-order valence-corrected chi connectivity index (χ2v) is 4.42. The highest BCUT2D eigenvalue weighted by Gasteiger charge is 2.46. The number of amides is 1. The molecule has 86 valence electrons. The number of ether oxygens (including phenoxy) is 1. The Morgan fingerprint density at radius 3 is 3.07 bits per heavy atom. The molecule has 0 radical (unpaired) electrons. The topological polar surface area (TPSA) is 41.6 Å². The number of nitrogens with zero attached hydrogens (tertiary/aromatic N) is 1. The van der Waals surface area contributed by atoms with Gasteiger partial charge >= 0.3 is 0 Å². The molecule has 3 atom stereocenters. The van der Waals surface area contributed by atoms with Gasteiger partial charge in [-0.3, -0.25) is 4.79 Å². The van der Waals surface area contributed by atoms with Crippen LogP contribution in [0.25, 0.3) is 0 Å². The van der Waals surface area contributed by atoms with Crippen molar-refractivity contribution in [2.24, 2.45) is 5.92 Å². The molecule has 3 unspecified atom stereocenters. The smallest absolute Gasteiger partial charge is 0.228 e. The summed E-state index contributed by atoms with van der Waals surface area (Å²) in [7, 11) is 0. The summed E-state index contributed by atoms with van der Waals surface area (Å²) in [6.45, 7) is 7.47. The Balaban J connectivity index is 1.85. The van der Waals surface area contributed by atoms with Gasteiger partial charge in [0.25, 0.3) is 0 Å². The van der Waals surface area contributed by atoms with Gasteiger partial charge in [0.05, 0.1) is 12.0 Å². The van der Waals surface area contributed by atoms with Crippen LogP contribution in [0.15, 0.2) is 0 Å². The van der Waals surface area contributed by atoms with E-state index in [2.05, 4.69) is 12.2 Å². The van der Waals surface area contributed by atoms with E-state index in [-0.39, 0.29) is 12.0 Å². The highest BCUT2D eigenvalue weighted by atomic mass is 16.5. The minimum Gasteiger partial charge on any atom is -0.378 e. The fraction of sp³-hybridized carbons (Fsp3) is 0.909. The number of carbonyl (C=O) groups is 1. The minimum absolute atomic E-state index is 0.144. The number of hydrogen-bond donors (Lipinski definition) is 1. The molecule has 0 aromatic rings. The van der Waals surface area contributed by atoms with E-state index < -0.39 is 0 Å². The Morgan fingerprint density at radius 1 is 1.60 bits per heavy atom. The van der Waals surface area contributed by atoms with Crippen LogP contribution in [0.1, 0.15) is 20.3 Å². The highest BCUT2D eigenvalue weighted by molar-refractivity contribution is 5.82. The van der Waals surface area contributed by atoms with E-state index in [1.165, 1.54) is 0 Å². The van der Waals surface area contributed by atoms with Gasteiger partial charge in [0, 0.05) is 32.3 Å². The molecule has 1 heterocycles. The van der Waals surface area contributed by atoms with Gasteiger partial charge < -0.3 is 15.0 Å². The van der Waals surface area contributed by atoms with Crippen LogP contribution in [0.5, 0.6) is 0 Å². The molecule has 2 rings (SSSR count). The Labute approximate surface area is 91.0 Å². The second-order valence-electron chi connectivity index (χ2n) is 4.42. The van der Waals surface area contributed by atoms with Crippen LogP contribution >= 0.6 is 0 Å². The van der Waals surface area contributed by atoms with Gasteiger partial charge in [0.15, 0.2) is 0 Å². The maximum Gasteiger partial charge on any atom is 0.228 e. The molecule has 1 aliphatic carbocycles. The predicted molar refractivity (Wildman–Crippen MR) is 57.6 cm³/mol. The Morgan fingerprint density at radius 2 is 2.40 bits per heavy atom. The number of carbonyl (C=O) groups excluding carboxylic acids is 1. The molecule has 15 heavy (non-hydrogen) atoms. The average molecular weight is 212 g/mol. The number of nitrogens with one attached hydrogen (secondary N) is 1. The van der Waals surface area contributed by atoms with Crippen molar-refractivity contribution < 1.29 is 9.53 Å². The zero-order valence-electron chi connectivity index (χ0n) is 9.53. The fourth-order valence-electron chi connectivity index (χ4n) is 2.21. The van der Waals surface area contributed by atoms with Crippen molar-refractivity contribution in [2.75, 3.05) is 26.2 Å². The quantitative estimate of drug-likeness (QED) is 0.728. The number of piperazine rings is 1. The van der Waals surface area contributed by atoms with E-state index in [9.17, 15) is 4.79 Å². The van der Waals surface area contributed by atoms with Crippen LogP contribution in [-0.4, -0.2) is 49.2 Å². The maximum atomic E-state index is 12.1. The van der Waals surface area contributed by atoms with Crippen molar-refractivity contribution in [1.29, 1.82) is 0 Å². The van der Waals surface area contributed by atoms with Gasteiger partial charge in [0.1, 0.15) is 0 Å². The molecule has 4 heteroatoms. The summed E-state index contributed by atoms with van der Waals surface area (Å²) in [6, 6.07) is 0.328. The molecular weight excluding hydrogens is 192 g/mol. The summed E-state index contributed by atoms with van der Waals surface area (Å²) < 4.78 is 5.45. The Bertz CT molecular complexity index is 245. The summed E-state index contributed by atoms with van der Waals surface area (Å²) in [5.74, 6) is 0.438. The third-order valence-electron chi connectivity index (χ3n) is 3.21. The van der Waals surface area contributed by atoms with Gasteiger partial charge in [-0.15, -0.1) is 0 Å². The van der Waals surface area contributed by atoms with Crippen molar-refractivity contribution in [3.63, 3.8) is 0 Å². The van der Waals surface area contributed by atoms with E-state index >= 15 is 0 Å². The number of hydrogen-bond acceptors (Lipinski definition) is 3. The fourth-order valence-corrected chi connectivity index (χ4v) is 2.21. The standard InChI is InChI=1S/C11H20N2O2/c1-3-15-10-6-9(10)11(14)13-5-4-12-7-8(13)2/h8-10,12H,3-7H2,1-2H3. The molecule has 2 fully saturated rings. The van der Waals surface area contributed by atoms with E-state index in [0.29, 0.717) is 18.6 Å². The van der Waals surface area contributed by atoms with Crippen LogP contribution in [-0.2, 0) is 9.53 Å². The third-order valence-corrected chi connectivity index (χ3v) is 3.21. The molecule has 0 bridgehead atoms. The highest BCUT2D eigenvalue weighted by Crippen LogP contribution is 2.35. The van der Waals surface area contributed by atoms with E-state index in [0.717, 1.165) is 26.1 Å². The molecular formula is C11H20N2O2. The van der Waals surface area contributed by atoms with Crippen LogP contribution in [0.3, 0.4) is 0 Å². The monoisotopic (exact) mass is 212 g/mol. The molecule has 4 nitrogen and oxygen atoms in total. The molecule has 0 spiro atoms. The van der Waals surface area contributed by atoms with Gasteiger partial charge in [-0.2, -0.15) is 0 Å². The Kier molecular flexibility index (Phi) is 3.26. The van der Waals surface area contributed by atoms with E-state index in [1.807, 2.05) is 11.8 Å². The normalized spacial score (nSPS) is 35.3. The maximum absolute atomic E-state index is 12.1. The molecule has 2 aliphatic rings. The zero-order chi connectivity index (χ0) is 10.8. The molecule has 1 saturated carbocycles. The van der Waals surface area contributed by atoms with Gasteiger partial charge in [-0.05, 0) is 20.3 Å². The Hall–Kier alpha value is -0.610. The summed E-state index contributed by atoms with van der Waals surface area (Å²) in [5, 5.41) is 3.29. The largest absolute Gasteiger partial charge is 0.378 e. The lowest BCUT2D eigenvalue weighted by molar-refractivity contribution is -0.136. The van der Waals surface area contributed by atoms with E-state index in [1.54, 1.807) is 0 Å². The summed E-state index contributed by atoms with van der Waals surface area (Å²) in [6.07, 6.45) is 1.12. The van der Waals surface area contributed by atoms with Crippen LogP contribution < -0.4 is 5.32 Å². The SMILES string of the molecule is CCOC1CC1C(=O)N1CCNCC1C. The van der Waals surface area contributed by atoms with Crippen LogP contribution in [0.4, 0.5) is 0 Å². The van der Waals surface area contributed by atoms with Crippen molar-refractivity contribution >= 4 is 5.91 Å². The van der Waals surface area contributed by atoms with Crippen molar-refractivity contribution in [2.45, 2.75) is 32.4 Å². The first-order valence-corrected chi connectivity index (χ1v) is 5.86. The lowest BCUT2D eigenvalue weighted by Gasteiger charge is -2.34. The zero-order valence-corrected chi connectivity index (χ0v) is 9.53. The van der Waals surface area contributed by atoms with Gasteiger partial charge in [0.2, 0.25) is 5.91 Å². The van der Waals surface area contributed by atoms with Crippen molar-refractivity contribution in [3.05, 3.63) is 0 Å². The average Bonchev–Trinajstić information content (AvgIpc) is 2.98. The molecule has 0 aromatic carbocycles. The van der Waals surface area contributed by atoms with E-state index in [4.69, 9.17) is 4.74 Å². The third kappa shape index (κ3) is 2.32. The predicted octanol–water partition coefficient (Wildman–Crippen LogP) is 0.232. The molecule has 0 aromatic heterocycles. The lowest BCUT2D eigenvalue weighted by Crippen LogP contribution is -2.53. The van der Waals surface area contributed by atoms with Crippen LogP contribution in [0, 0.1) is 5.92 Å². The lowest BCUT2D eigenvalue weighted by atomic mass is 10.2. The summed E-state index contributed by atoms with van der Waals surface area (Å²) in [5.41, 5.74) is 0. The van der Waals surface area contributed by atoms with Gasteiger partial charge in [-0.25, -0.2) is 0 Å². The first-order chi connectivity index (χ1) is 7.24. The van der Waals surface area contributed by atoms with Gasteiger partial charge in [-0.1, -0.05) is 0 Å². The molecule has 1 amide bonds. The molecule has 1 saturated heterocycles. The number of rotatable bonds is 3. The first kappa shape index (κ1) is 10.9. The van der Waals surface area contributed by atoms with Crippen molar-refractivity contribution in [3.8, 4) is 0 Å². The second kappa shape index (κ2) is 4.49. The van der Waals surface area contributed by atoms with Crippen LogP contribution in [0.2, 0.25) is 0 Å². The molecule has 1 aliphatic heterocycles. The first-order valence-electron chi connectivity index (χ1n) is 5.86. The summed E-state index contributed by atoms with van der Waals surface area (Å²) >= 11 is 0. The van der Waals surface area contributed by atoms with Crippen molar-refractivity contribution in [1.82, 2.24) is 10.2 Å².